The average molecular weight is 335 g/mol. The minimum absolute atomic E-state index is 0.0475. The van der Waals surface area contributed by atoms with Crippen LogP contribution >= 0.6 is 0 Å². The minimum Gasteiger partial charge on any atom is -0.481 e. The summed E-state index contributed by atoms with van der Waals surface area (Å²) in [5.41, 5.74) is -0.644. The summed E-state index contributed by atoms with van der Waals surface area (Å²) in [5.74, 6) is -1.11. The van der Waals surface area contributed by atoms with Crippen molar-refractivity contribution < 1.29 is 24.0 Å². The predicted molar refractivity (Wildman–Crippen MR) is 81.4 cm³/mol. The second kappa shape index (κ2) is 5.86. The van der Waals surface area contributed by atoms with Crippen LogP contribution in [0, 0.1) is 11.3 Å². The van der Waals surface area contributed by atoms with Crippen molar-refractivity contribution in [2.24, 2.45) is 11.3 Å². The predicted octanol–water partition coefficient (Wildman–Crippen LogP) is 0.312. The first kappa shape index (κ1) is 15.6. The summed E-state index contributed by atoms with van der Waals surface area (Å²) in [6.45, 7) is 3.39. The van der Waals surface area contributed by atoms with Crippen LogP contribution in [0.25, 0.3) is 0 Å². The fourth-order valence-corrected chi connectivity index (χ4v) is 4.37. The Morgan fingerprint density at radius 2 is 2.04 bits per heavy atom. The van der Waals surface area contributed by atoms with Crippen molar-refractivity contribution in [2.75, 3.05) is 39.4 Å². The summed E-state index contributed by atoms with van der Waals surface area (Å²) in [4.78, 5) is 28.4. The number of carboxylic acids is 1. The number of amides is 1. The van der Waals surface area contributed by atoms with E-state index in [0.29, 0.717) is 19.1 Å². The minimum atomic E-state index is -0.877. The molecule has 8 nitrogen and oxygen atoms in total. The summed E-state index contributed by atoms with van der Waals surface area (Å²) in [6.07, 6.45) is 3.25. The van der Waals surface area contributed by atoms with E-state index in [1.54, 1.807) is 4.90 Å². The van der Waals surface area contributed by atoms with Gasteiger partial charge in [-0.25, -0.2) is 0 Å². The standard InChI is InChI=1S/C16H21N3O5/c20-14(13-3-6-24-17-13)19-8-11-7-18(12-1-4-23-5-2-12)9-16(11,10-19)15(21)22/h3,6,11-12H,1-2,4-5,7-10H2,(H,21,22)/t11-,16-/m1/s1. The van der Waals surface area contributed by atoms with E-state index in [-0.39, 0.29) is 24.1 Å². The molecule has 0 spiro atoms. The van der Waals surface area contributed by atoms with Gasteiger partial charge in [0.05, 0.1) is 0 Å². The molecule has 0 aromatic carbocycles. The maximum atomic E-state index is 12.5. The van der Waals surface area contributed by atoms with Gasteiger partial charge in [0.2, 0.25) is 0 Å². The lowest BCUT2D eigenvalue weighted by Gasteiger charge is -2.33. The van der Waals surface area contributed by atoms with Crippen LogP contribution in [0.1, 0.15) is 23.3 Å². The van der Waals surface area contributed by atoms with Crippen molar-refractivity contribution in [3.8, 4) is 0 Å². The van der Waals surface area contributed by atoms with E-state index in [0.717, 1.165) is 32.6 Å². The van der Waals surface area contributed by atoms with Crippen LogP contribution in [0.4, 0.5) is 0 Å². The van der Waals surface area contributed by atoms with Crippen molar-refractivity contribution >= 4 is 11.9 Å². The highest BCUT2D eigenvalue weighted by molar-refractivity contribution is 5.93. The molecule has 3 aliphatic rings. The quantitative estimate of drug-likeness (QED) is 0.849. The molecule has 1 N–H and O–H groups in total. The summed E-state index contributed by atoms with van der Waals surface area (Å²) in [5, 5.41) is 13.6. The Morgan fingerprint density at radius 1 is 1.25 bits per heavy atom. The number of aromatic nitrogens is 1. The van der Waals surface area contributed by atoms with Crippen LogP contribution in [0.3, 0.4) is 0 Å². The van der Waals surface area contributed by atoms with Crippen LogP contribution in [-0.4, -0.2) is 77.4 Å². The fourth-order valence-electron chi connectivity index (χ4n) is 4.37. The molecule has 3 aliphatic heterocycles. The number of aliphatic carboxylic acids is 1. The van der Waals surface area contributed by atoms with Gasteiger partial charge in [0.25, 0.3) is 5.91 Å². The van der Waals surface area contributed by atoms with Crippen molar-refractivity contribution in [1.29, 1.82) is 0 Å². The van der Waals surface area contributed by atoms with Gasteiger partial charge in [0.1, 0.15) is 11.7 Å². The van der Waals surface area contributed by atoms with Crippen molar-refractivity contribution in [3.63, 3.8) is 0 Å². The third-order valence-corrected chi connectivity index (χ3v) is 5.71. The molecule has 8 heteroatoms. The second-order valence-electron chi connectivity index (χ2n) is 7.00. The van der Waals surface area contributed by atoms with Gasteiger partial charge in [0, 0.05) is 57.4 Å². The summed E-state index contributed by atoms with van der Waals surface area (Å²) >= 11 is 0. The molecule has 24 heavy (non-hydrogen) atoms. The van der Waals surface area contributed by atoms with Crippen LogP contribution in [0.5, 0.6) is 0 Å². The van der Waals surface area contributed by atoms with Crippen LogP contribution in [0.15, 0.2) is 16.9 Å². The number of likely N-dealkylation sites (tertiary alicyclic amines) is 2. The zero-order valence-corrected chi connectivity index (χ0v) is 13.4. The molecule has 1 aromatic heterocycles. The highest BCUT2D eigenvalue weighted by atomic mass is 16.5. The SMILES string of the molecule is O=C(c1ccon1)N1C[C@H]2CN(C3CCOCC3)C[C@@]2(C(=O)O)C1. The first-order chi connectivity index (χ1) is 11.6. The van der Waals surface area contributed by atoms with Crippen molar-refractivity contribution in [3.05, 3.63) is 18.0 Å². The normalized spacial score (nSPS) is 31.3. The molecular weight excluding hydrogens is 314 g/mol. The van der Waals surface area contributed by atoms with Gasteiger partial charge in [-0.3, -0.25) is 14.5 Å². The summed E-state index contributed by atoms with van der Waals surface area (Å²) < 4.78 is 10.1. The third-order valence-electron chi connectivity index (χ3n) is 5.71. The third kappa shape index (κ3) is 2.41. The van der Waals surface area contributed by atoms with Gasteiger partial charge in [-0.2, -0.15) is 0 Å². The Bertz CT molecular complexity index is 628. The topological polar surface area (TPSA) is 96.1 Å². The van der Waals surface area contributed by atoms with E-state index >= 15 is 0 Å². The number of carbonyl (C=O) groups excluding carboxylic acids is 1. The van der Waals surface area contributed by atoms with E-state index in [1.807, 2.05) is 0 Å². The number of hydrogen-bond acceptors (Lipinski definition) is 6. The van der Waals surface area contributed by atoms with E-state index in [1.165, 1.54) is 12.3 Å². The van der Waals surface area contributed by atoms with Gasteiger partial charge >= 0.3 is 5.97 Å². The Morgan fingerprint density at radius 3 is 2.67 bits per heavy atom. The molecule has 2 atom stereocenters. The molecule has 0 unspecified atom stereocenters. The molecule has 1 amide bonds. The van der Waals surface area contributed by atoms with E-state index in [9.17, 15) is 14.7 Å². The molecule has 0 aliphatic carbocycles. The zero-order chi connectivity index (χ0) is 16.7. The second-order valence-corrected chi connectivity index (χ2v) is 7.00. The number of nitrogens with zero attached hydrogens (tertiary/aromatic N) is 3. The van der Waals surface area contributed by atoms with Gasteiger partial charge < -0.3 is 19.3 Å². The maximum Gasteiger partial charge on any atom is 0.313 e. The number of ether oxygens (including phenoxy) is 1. The highest BCUT2D eigenvalue weighted by Gasteiger charge is 2.59. The monoisotopic (exact) mass is 335 g/mol. The first-order valence-corrected chi connectivity index (χ1v) is 8.35. The molecule has 4 rings (SSSR count). The smallest absolute Gasteiger partial charge is 0.313 e. The lowest BCUT2D eigenvalue weighted by molar-refractivity contribution is -0.148. The molecule has 1 aromatic rings. The van der Waals surface area contributed by atoms with Gasteiger partial charge in [-0.15, -0.1) is 0 Å². The van der Waals surface area contributed by atoms with Crippen LogP contribution in [0.2, 0.25) is 0 Å². The van der Waals surface area contributed by atoms with E-state index < -0.39 is 11.4 Å². The molecular formula is C16H21N3O5. The number of rotatable bonds is 3. The number of fused-ring (bicyclic) bond motifs is 1. The molecule has 130 valence electrons. The van der Waals surface area contributed by atoms with Gasteiger partial charge in [-0.1, -0.05) is 5.16 Å². The summed E-state index contributed by atoms with van der Waals surface area (Å²) in [7, 11) is 0. The number of carboxylic acid groups (broad SMARTS) is 1. The van der Waals surface area contributed by atoms with Crippen molar-refractivity contribution in [2.45, 2.75) is 18.9 Å². The first-order valence-electron chi connectivity index (χ1n) is 8.35. The Labute approximate surface area is 139 Å². The molecule has 3 saturated heterocycles. The lowest BCUT2D eigenvalue weighted by atomic mass is 9.81. The van der Waals surface area contributed by atoms with E-state index in [4.69, 9.17) is 9.26 Å². The number of carbonyl (C=O) groups is 2. The Hall–Kier alpha value is -1.93. The van der Waals surface area contributed by atoms with Crippen LogP contribution in [-0.2, 0) is 9.53 Å². The number of hydrogen-bond donors (Lipinski definition) is 1. The molecule has 0 saturated carbocycles. The van der Waals surface area contributed by atoms with Crippen LogP contribution < -0.4 is 0 Å². The zero-order valence-electron chi connectivity index (χ0n) is 13.4. The van der Waals surface area contributed by atoms with Crippen molar-refractivity contribution in [1.82, 2.24) is 15.0 Å². The largest absolute Gasteiger partial charge is 0.481 e. The highest BCUT2D eigenvalue weighted by Crippen LogP contribution is 2.44. The maximum absolute atomic E-state index is 12.5. The molecule has 0 radical (unpaired) electrons. The molecule has 3 fully saturated rings. The average Bonchev–Trinajstić information content (AvgIpc) is 3.29. The molecule has 0 bridgehead atoms. The Balaban J connectivity index is 1.51. The lowest BCUT2D eigenvalue weighted by Crippen LogP contribution is -2.45. The summed E-state index contributed by atoms with van der Waals surface area (Å²) in [6, 6.07) is 1.90. The molecule has 4 heterocycles. The Kier molecular flexibility index (Phi) is 3.80. The van der Waals surface area contributed by atoms with E-state index in [2.05, 4.69) is 10.1 Å². The van der Waals surface area contributed by atoms with Gasteiger partial charge in [-0.05, 0) is 12.8 Å². The van der Waals surface area contributed by atoms with Gasteiger partial charge in [0.15, 0.2) is 5.69 Å². The fraction of sp³-hybridized carbons (Fsp3) is 0.688.